The molecule has 2 aromatic heterocycles. The second-order valence-electron chi connectivity index (χ2n) is 8.75. The lowest BCUT2D eigenvalue weighted by molar-refractivity contribution is -0.115. The van der Waals surface area contributed by atoms with Crippen molar-refractivity contribution in [3.63, 3.8) is 0 Å². The van der Waals surface area contributed by atoms with Gasteiger partial charge in [-0.3, -0.25) is 9.89 Å². The number of amides is 3. The third kappa shape index (κ3) is 5.64. The molecule has 0 unspecified atom stereocenters. The summed E-state index contributed by atoms with van der Waals surface area (Å²) < 4.78 is 0. The Labute approximate surface area is 213 Å². The van der Waals surface area contributed by atoms with Crippen molar-refractivity contribution in [2.45, 2.75) is 13.3 Å². The van der Waals surface area contributed by atoms with E-state index in [2.05, 4.69) is 26.1 Å². The van der Waals surface area contributed by atoms with Crippen LogP contribution in [0.25, 0.3) is 23.1 Å². The van der Waals surface area contributed by atoms with Crippen LogP contribution in [0.5, 0.6) is 0 Å². The number of thiophene rings is 1. The number of anilines is 2. The van der Waals surface area contributed by atoms with Crippen LogP contribution < -0.4 is 16.0 Å². The molecule has 4 aromatic rings. The van der Waals surface area contributed by atoms with Gasteiger partial charge in [-0.15, -0.1) is 11.3 Å². The molecule has 5 rings (SSSR count). The van der Waals surface area contributed by atoms with Gasteiger partial charge >= 0.3 is 6.03 Å². The van der Waals surface area contributed by atoms with E-state index in [0.717, 1.165) is 57.1 Å². The number of aryl methyl sites for hydroxylation is 1. The number of hydrogen-bond acceptors (Lipinski definition) is 5. The van der Waals surface area contributed by atoms with Crippen molar-refractivity contribution in [2.75, 3.05) is 36.8 Å². The molecule has 0 saturated carbocycles. The highest BCUT2D eigenvalue weighted by molar-refractivity contribution is 7.10. The number of carbonyl (C=O) groups excluding carboxylic acids is 2. The predicted molar refractivity (Wildman–Crippen MR) is 146 cm³/mol. The Balaban J connectivity index is 1.30. The molecule has 3 heterocycles. The van der Waals surface area contributed by atoms with Crippen LogP contribution in [0.1, 0.15) is 21.7 Å². The van der Waals surface area contributed by atoms with Crippen LogP contribution in [0.15, 0.2) is 53.9 Å². The van der Waals surface area contributed by atoms with Gasteiger partial charge in [-0.2, -0.15) is 5.10 Å². The zero-order valence-corrected chi connectivity index (χ0v) is 20.8. The van der Waals surface area contributed by atoms with Gasteiger partial charge in [0.15, 0.2) is 0 Å². The lowest BCUT2D eigenvalue weighted by atomic mass is 10.1. The summed E-state index contributed by atoms with van der Waals surface area (Å²) in [6, 6.07) is 15.5. The summed E-state index contributed by atoms with van der Waals surface area (Å²) in [5.41, 5.74) is 5.11. The number of nitrogens with one attached hydrogen (secondary N) is 4. The zero-order valence-electron chi connectivity index (χ0n) is 20.0. The van der Waals surface area contributed by atoms with Gasteiger partial charge in [-0.25, -0.2) is 4.79 Å². The van der Waals surface area contributed by atoms with E-state index in [-0.39, 0.29) is 11.9 Å². The molecule has 36 heavy (non-hydrogen) atoms. The summed E-state index contributed by atoms with van der Waals surface area (Å²) in [5, 5.41) is 19.7. The number of benzene rings is 2. The first kappa shape index (κ1) is 23.8. The largest absolute Gasteiger partial charge is 0.326 e. The second-order valence-corrected chi connectivity index (χ2v) is 9.78. The number of hydrogen-bond donors (Lipinski definition) is 4. The van der Waals surface area contributed by atoms with Gasteiger partial charge in [0.1, 0.15) is 0 Å². The highest BCUT2D eigenvalue weighted by atomic mass is 32.1. The summed E-state index contributed by atoms with van der Waals surface area (Å²) in [6.07, 6.45) is 4.25. The summed E-state index contributed by atoms with van der Waals surface area (Å²) in [5.74, 6) is -0.0415. The molecule has 8 nitrogen and oxygen atoms in total. The Morgan fingerprint density at radius 3 is 2.75 bits per heavy atom. The number of rotatable bonds is 6. The van der Waals surface area contributed by atoms with Gasteiger partial charge in [-0.1, -0.05) is 24.3 Å². The number of nitrogens with zero attached hydrogens (tertiary/aromatic N) is 2. The topological polar surface area (TPSA) is 102 Å². The van der Waals surface area contributed by atoms with E-state index in [1.165, 1.54) is 0 Å². The Morgan fingerprint density at radius 2 is 1.94 bits per heavy atom. The first-order chi connectivity index (χ1) is 17.5. The molecule has 184 valence electrons. The van der Waals surface area contributed by atoms with E-state index < -0.39 is 0 Å². The Bertz CT molecular complexity index is 1400. The molecule has 1 fully saturated rings. The highest BCUT2D eigenvalue weighted by Crippen LogP contribution is 2.26. The number of carbonyl (C=O) groups is 2. The van der Waals surface area contributed by atoms with Crippen molar-refractivity contribution < 1.29 is 9.59 Å². The molecule has 1 aliphatic heterocycles. The maximum absolute atomic E-state index is 12.5. The van der Waals surface area contributed by atoms with Gasteiger partial charge in [0.05, 0.1) is 17.6 Å². The molecule has 0 aliphatic carbocycles. The molecular formula is C27H28N6O2S. The third-order valence-electron chi connectivity index (χ3n) is 6.10. The van der Waals surface area contributed by atoms with Gasteiger partial charge in [0, 0.05) is 47.8 Å². The van der Waals surface area contributed by atoms with E-state index in [1.54, 1.807) is 11.3 Å². The van der Waals surface area contributed by atoms with Crippen LogP contribution in [0.3, 0.4) is 0 Å². The SMILES string of the molecule is Cc1cc2[nH]nc(/C=C/c3cccc(NC(=O)N4CCNCC4)c3)c2cc1NC(=O)Cc1cccs1. The van der Waals surface area contributed by atoms with Gasteiger partial charge in [0.2, 0.25) is 5.91 Å². The number of urea groups is 1. The monoisotopic (exact) mass is 500 g/mol. The normalized spacial score (nSPS) is 13.9. The van der Waals surface area contributed by atoms with Crippen molar-refractivity contribution >= 4 is 57.7 Å². The van der Waals surface area contributed by atoms with Crippen molar-refractivity contribution in [1.29, 1.82) is 0 Å². The fourth-order valence-corrected chi connectivity index (χ4v) is 4.89. The second kappa shape index (κ2) is 10.8. The minimum absolute atomic E-state index is 0.0415. The molecule has 1 aliphatic rings. The van der Waals surface area contributed by atoms with Crippen LogP contribution in [0.2, 0.25) is 0 Å². The number of H-pyrrole nitrogens is 1. The average Bonchev–Trinajstić information content (AvgIpc) is 3.53. The molecule has 0 spiro atoms. The molecule has 0 atom stereocenters. The summed E-state index contributed by atoms with van der Waals surface area (Å²) >= 11 is 1.58. The summed E-state index contributed by atoms with van der Waals surface area (Å²) in [6.45, 7) is 5.00. The Hall–Kier alpha value is -3.95. The quantitative estimate of drug-likeness (QED) is 0.308. The van der Waals surface area contributed by atoms with Gasteiger partial charge in [0.25, 0.3) is 0 Å². The molecule has 0 bridgehead atoms. The maximum Gasteiger partial charge on any atom is 0.321 e. The fourth-order valence-electron chi connectivity index (χ4n) is 4.19. The first-order valence-corrected chi connectivity index (χ1v) is 12.8. The van der Waals surface area contributed by atoms with E-state index in [4.69, 9.17) is 0 Å². The predicted octanol–water partition coefficient (Wildman–Crippen LogP) is 4.72. The number of aromatic nitrogens is 2. The molecule has 4 N–H and O–H groups in total. The molecule has 2 aromatic carbocycles. The summed E-state index contributed by atoms with van der Waals surface area (Å²) in [7, 11) is 0. The van der Waals surface area contributed by atoms with E-state index in [9.17, 15) is 9.59 Å². The van der Waals surface area contributed by atoms with Crippen LogP contribution >= 0.6 is 11.3 Å². The van der Waals surface area contributed by atoms with Crippen LogP contribution in [-0.2, 0) is 11.2 Å². The van der Waals surface area contributed by atoms with Crippen LogP contribution in [0, 0.1) is 6.92 Å². The van der Waals surface area contributed by atoms with Crippen molar-refractivity contribution in [1.82, 2.24) is 20.4 Å². The molecule has 9 heteroatoms. The summed E-state index contributed by atoms with van der Waals surface area (Å²) in [4.78, 5) is 27.9. The fraction of sp³-hybridized carbons (Fsp3) is 0.222. The average molecular weight is 501 g/mol. The Kier molecular flexibility index (Phi) is 7.11. The lowest BCUT2D eigenvalue weighted by Crippen LogP contribution is -2.48. The molecule has 0 radical (unpaired) electrons. The van der Waals surface area contributed by atoms with Gasteiger partial charge < -0.3 is 20.9 Å². The zero-order chi connectivity index (χ0) is 24.9. The van der Waals surface area contributed by atoms with Crippen LogP contribution in [0.4, 0.5) is 16.2 Å². The van der Waals surface area contributed by atoms with Gasteiger partial charge in [-0.05, 0) is 59.8 Å². The minimum atomic E-state index is -0.0834. The smallest absolute Gasteiger partial charge is 0.321 e. The number of fused-ring (bicyclic) bond motifs is 1. The first-order valence-electron chi connectivity index (χ1n) is 11.9. The van der Waals surface area contributed by atoms with Crippen molar-refractivity contribution in [3.8, 4) is 0 Å². The van der Waals surface area contributed by atoms with Crippen molar-refractivity contribution in [2.24, 2.45) is 0 Å². The van der Waals surface area contributed by atoms with Crippen LogP contribution in [-0.4, -0.2) is 53.2 Å². The molecule has 1 saturated heterocycles. The van der Waals surface area contributed by atoms with E-state index in [1.807, 2.05) is 77.9 Å². The van der Waals surface area contributed by atoms with E-state index >= 15 is 0 Å². The third-order valence-corrected chi connectivity index (χ3v) is 6.98. The lowest BCUT2D eigenvalue weighted by Gasteiger charge is -2.27. The maximum atomic E-state index is 12.5. The minimum Gasteiger partial charge on any atom is -0.326 e. The molecular weight excluding hydrogens is 472 g/mol. The standard InChI is InChI=1S/C27H28N6O2S/c1-18-14-25-22(17-24(18)30-26(34)16-21-6-3-13-36-21)23(31-32-25)8-7-19-4-2-5-20(15-19)29-27(35)33-11-9-28-10-12-33/h2-8,13-15,17,28H,9-12,16H2,1H3,(H,29,35)(H,30,34)(H,31,32)/b8-7+. The molecule has 3 amide bonds. The number of aromatic amines is 1. The highest BCUT2D eigenvalue weighted by Gasteiger charge is 2.16. The van der Waals surface area contributed by atoms with Crippen molar-refractivity contribution in [3.05, 3.63) is 75.6 Å². The number of piperazine rings is 1. The van der Waals surface area contributed by atoms with E-state index in [0.29, 0.717) is 19.5 Å². The Morgan fingerprint density at radius 1 is 1.08 bits per heavy atom.